The number of piperazine rings is 1. The van der Waals surface area contributed by atoms with E-state index in [4.69, 9.17) is 9.47 Å². The molecule has 0 aliphatic carbocycles. The van der Waals surface area contributed by atoms with E-state index in [1.807, 2.05) is 36.5 Å². The molecule has 1 aromatic carbocycles. The molecule has 0 saturated carbocycles. The van der Waals surface area contributed by atoms with Crippen LogP contribution in [0.2, 0.25) is 0 Å². The molecule has 6 heteroatoms. The lowest BCUT2D eigenvalue weighted by molar-refractivity contribution is 0.0903. The van der Waals surface area contributed by atoms with Gasteiger partial charge in [0.1, 0.15) is 18.5 Å². The second-order valence-electron chi connectivity index (χ2n) is 7.07. The van der Waals surface area contributed by atoms with Crippen molar-refractivity contribution >= 4 is 5.82 Å². The number of ether oxygens (including phenoxy) is 2. The molecule has 6 nitrogen and oxygen atoms in total. The van der Waals surface area contributed by atoms with Gasteiger partial charge in [-0.1, -0.05) is 18.2 Å². The molecule has 0 spiro atoms. The summed E-state index contributed by atoms with van der Waals surface area (Å²) < 4.78 is 11.7. The molecule has 1 fully saturated rings. The summed E-state index contributed by atoms with van der Waals surface area (Å²) >= 11 is 0. The number of nitrogens with zero attached hydrogens (tertiary/aromatic N) is 3. The maximum atomic E-state index is 5.97. The molecule has 144 valence electrons. The number of aromatic nitrogens is 1. The van der Waals surface area contributed by atoms with Crippen LogP contribution in [0.4, 0.5) is 5.82 Å². The highest BCUT2D eigenvalue weighted by atomic mass is 16.6. The number of pyridine rings is 1. The molecule has 1 N–H and O–H groups in total. The normalized spacial score (nSPS) is 19.9. The van der Waals surface area contributed by atoms with E-state index in [9.17, 15) is 0 Å². The van der Waals surface area contributed by atoms with Gasteiger partial charge in [0.25, 0.3) is 0 Å². The van der Waals surface area contributed by atoms with E-state index in [-0.39, 0.29) is 6.10 Å². The first kappa shape index (κ1) is 18.1. The van der Waals surface area contributed by atoms with Gasteiger partial charge in [-0.25, -0.2) is 4.98 Å². The van der Waals surface area contributed by atoms with Crippen LogP contribution in [0.3, 0.4) is 0 Å². The molecule has 4 rings (SSSR count). The van der Waals surface area contributed by atoms with Crippen molar-refractivity contribution in [2.24, 2.45) is 0 Å². The van der Waals surface area contributed by atoms with Crippen molar-refractivity contribution in [2.45, 2.75) is 12.5 Å². The second kappa shape index (κ2) is 9.06. The van der Waals surface area contributed by atoms with Crippen molar-refractivity contribution in [2.75, 3.05) is 57.3 Å². The van der Waals surface area contributed by atoms with Gasteiger partial charge >= 0.3 is 0 Å². The molecule has 1 aromatic heterocycles. The summed E-state index contributed by atoms with van der Waals surface area (Å²) in [6, 6.07) is 14.0. The smallest absolute Gasteiger partial charge is 0.161 e. The van der Waals surface area contributed by atoms with Crippen LogP contribution in [-0.4, -0.2) is 68.4 Å². The van der Waals surface area contributed by atoms with Crippen LogP contribution >= 0.6 is 0 Å². The van der Waals surface area contributed by atoms with Gasteiger partial charge in [-0.3, -0.25) is 4.90 Å². The third kappa shape index (κ3) is 4.90. The fourth-order valence-electron chi connectivity index (χ4n) is 3.60. The molecule has 0 radical (unpaired) electrons. The minimum absolute atomic E-state index is 0.0850. The minimum atomic E-state index is 0.0850. The first-order valence-electron chi connectivity index (χ1n) is 9.86. The predicted molar refractivity (Wildman–Crippen MR) is 107 cm³/mol. The number of hydrogen-bond donors (Lipinski definition) is 1. The highest BCUT2D eigenvalue weighted by Gasteiger charge is 2.20. The van der Waals surface area contributed by atoms with Gasteiger partial charge in [-0.15, -0.1) is 0 Å². The van der Waals surface area contributed by atoms with Crippen molar-refractivity contribution in [1.82, 2.24) is 15.2 Å². The van der Waals surface area contributed by atoms with Crippen molar-refractivity contribution in [1.29, 1.82) is 0 Å². The number of anilines is 1. The van der Waals surface area contributed by atoms with Crippen LogP contribution in [0.15, 0.2) is 48.7 Å². The van der Waals surface area contributed by atoms with Crippen molar-refractivity contribution in [3.63, 3.8) is 0 Å². The third-order valence-corrected chi connectivity index (χ3v) is 5.11. The van der Waals surface area contributed by atoms with Gasteiger partial charge < -0.3 is 19.7 Å². The van der Waals surface area contributed by atoms with E-state index in [0.29, 0.717) is 6.61 Å². The fourth-order valence-corrected chi connectivity index (χ4v) is 3.60. The number of rotatable bonds is 7. The van der Waals surface area contributed by atoms with Crippen molar-refractivity contribution < 1.29 is 9.47 Å². The Bertz CT molecular complexity index is 704. The lowest BCUT2D eigenvalue weighted by Crippen LogP contribution is -2.47. The number of benzene rings is 1. The molecular weight excluding hydrogens is 340 g/mol. The molecule has 1 atom stereocenters. The average molecular weight is 368 g/mol. The number of para-hydroxylation sites is 2. The molecule has 3 heterocycles. The molecule has 0 bridgehead atoms. The molecule has 1 unspecified atom stereocenters. The third-order valence-electron chi connectivity index (χ3n) is 5.11. The molecule has 1 saturated heterocycles. The van der Waals surface area contributed by atoms with E-state index in [0.717, 1.165) is 69.6 Å². The number of nitrogens with one attached hydrogen (secondary N) is 1. The van der Waals surface area contributed by atoms with E-state index in [2.05, 4.69) is 32.2 Å². The predicted octanol–water partition coefficient (Wildman–Crippen LogP) is 2.02. The van der Waals surface area contributed by atoms with Gasteiger partial charge in [-0.2, -0.15) is 0 Å². The Kier molecular flexibility index (Phi) is 6.06. The van der Waals surface area contributed by atoms with E-state index in [1.54, 1.807) is 0 Å². The van der Waals surface area contributed by atoms with Gasteiger partial charge in [0, 0.05) is 38.9 Å². The molecule has 0 amide bonds. The maximum absolute atomic E-state index is 5.97. The summed E-state index contributed by atoms with van der Waals surface area (Å²) in [7, 11) is 0. The monoisotopic (exact) mass is 368 g/mol. The maximum Gasteiger partial charge on any atom is 0.161 e. The first-order valence-corrected chi connectivity index (χ1v) is 9.86. The minimum Gasteiger partial charge on any atom is -0.486 e. The molecule has 27 heavy (non-hydrogen) atoms. The zero-order valence-corrected chi connectivity index (χ0v) is 15.7. The number of hydrogen-bond acceptors (Lipinski definition) is 6. The van der Waals surface area contributed by atoms with Crippen molar-refractivity contribution in [3.8, 4) is 11.5 Å². The Morgan fingerprint density at radius 2 is 1.81 bits per heavy atom. The first-order chi connectivity index (χ1) is 13.4. The summed E-state index contributed by atoms with van der Waals surface area (Å²) in [4.78, 5) is 9.36. The zero-order valence-electron chi connectivity index (χ0n) is 15.7. The zero-order chi connectivity index (χ0) is 18.3. The topological polar surface area (TPSA) is 49.9 Å². The van der Waals surface area contributed by atoms with Crippen LogP contribution < -0.4 is 19.7 Å². The Hall–Kier alpha value is -2.31. The second-order valence-corrected chi connectivity index (χ2v) is 7.07. The van der Waals surface area contributed by atoms with Crippen LogP contribution in [-0.2, 0) is 0 Å². The molecule has 2 aliphatic heterocycles. The van der Waals surface area contributed by atoms with Crippen LogP contribution in [0.5, 0.6) is 11.5 Å². The van der Waals surface area contributed by atoms with Crippen molar-refractivity contribution in [3.05, 3.63) is 48.7 Å². The number of fused-ring (bicyclic) bond motifs is 1. The molecular formula is C21H28N4O2. The van der Waals surface area contributed by atoms with Gasteiger partial charge in [0.2, 0.25) is 0 Å². The Morgan fingerprint density at radius 3 is 2.63 bits per heavy atom. The van der Waals surface area contributed by atoms with E-state index in [1.165, 1.54) is 0 Å². The van der Waals surface area contributed by atoms with Gasteiger partial charge in [0.05, 0.1) is 0 Å². The Balaban J connectivity index is 1.09. The van der Waals surface area contributed by atoms with E-state index >= 15 is 0 Å². The van der Waals surface area contributed by atoms with Crippen LogP contribution in [0.25, 0.3) is 0 Å². The summed E-state index contributed by atoms with van der Waals surface area (Å²) in [6.45, 7) is 7.88. The van der Waals surface area contributed by atoms with Gasteiger partial charge in [0.15, 0.2) is 11.5 Å². The Morgan fingerprint density at radius 1 is 1.00 bits per heavy atom. The Labute approximate surface area is 161 Å². The standard InChI is InChI=1S/C21H28N4O2/c1-2-7-20-19(6-1)26-17-18(27-20)16-22-9-5-11-24-12-14-25(15-13-24)21-8-3-4-10-23-21/h1-4,6-8,10,18,22H,5,9,11-17H2. The average Bonchev–Trinajstić information content (AvgIpc) is 2.74. The highest BCUT2D eigenvalue weighted by Crippen LogP contribution is 2.30. The SMILES string of the molecule is c1ccc(N2CCN(CCCNCC3COc4ccccc4O3)CC2)nc1. The molecule has 2 aromatic rings. The summed E-state index contributed by atoms with van der Waals surface area (Å²) in [6.07, 6.45) is 3.10. The van der Waals surface area contributed by atoms with Crippen LogP contribution in [0.1, 0.15) is 6.42 Å². The van der Waals surface area contributed by atoms with Gasteiger partial charge in [-0.05, 0) is 43.8 Å². The quantitative estimate of drug-likeness (QED) is 0.755. The summed E-state index contributed by atoms with van der Waals surface area (Å²) in [5.74, 6) is 2.79. The lowest BCUT2D eigenvalue weighted by atomic mass is 10.2. The highest BCUT2D eigenvalue weighted by molar-refractivity contribution is 5.40. The summed E-state index contributed by atoms with van der Waals surface area (Å²) in [5.41, 5.74) is 0. The summed E-state index contributed by atoms with van der Waals surface area (Å²) in [5, 5.41) is 3.51. The van der Waals surface area contributed by atoms with E-state index < -0.39 is 0 Å². The van der Waals surface area contributed by atoms with Crippen LogP contribution in [0, 0.1) is 0 Å². The lowest BCUT2D eigenvalue weighted by Gasteiger charge is -2.35. The molecule has 2 aliphatic rings. The largest absolute Gasteiger partial charge is 0.486 e. The fraction of sp³-hybridized carbons (Fsp3) is 0.476.